The summed E-state index contributed by atoms with van der Waals surface area (Å²) in [5.41, 5.74) is 7.43. The van der Waals surface area contributed by atoms with Crippen LogP contribution in [0.2, 0.25) is 0 Å². The van der Waals surface area contributed by atoms with Gasteiger partial charge in [0, 0.05) is 17.1 Å². The minimum Gasteiger partial charge on any atom is -0.506 e. The summed E-state index contributed by atoms with van der Waals surface area (Å²) in [6, 6.07) is 8.31. The van der Waals surface area contributed by atoms with Gasteiger partial charge in [-0.05, 0) is 24.3 Å². The fraction of sp³-hybridized carbons (Fsp3) is 0.125. The summed E-state index contributed by atoms with van der Waals surface area (Å²) < 4.78 is 10.6. The van der Waals surface area contributed by atoms with E-state index >= 15 is 0 Å². The third-order valence-corrected chi connectivity index (χ3v) is 3.41. The van der Waals surface area contributed by atoms with Crippen LogP contribution < -0.4 is 20.5 Å². The van der Waals surface area contributed by atoms with Crippen LogP contribution in [0.1, 0.15) is 0 Å². The number of phenols is 1. The molecule has 0 aliphatic carbocycles. The Kier molecular flexibility index (Phi) is 3.76. The first-order valence-electron chi connectivity index (χ1n) is 6.84. The summed E-state index contributed by atoms with van der Waals surface area (Å²) in [6.45, 7) is 0. The number of nitrogens with one attached hydrogen (secondary N) is 1. The van der Waals surface area contributed by atoms with E-state index in [1.807, 2.05) is 0 Å². The lowest BCUT2D eigenvalue weighted by molar-refractivity contribution is 0.356. The van der Waals surface area contributed by atoms with Crippen molar-refractivity contribution in [1.29, 1.82) is 0 Å². The number of ether oxygens (including phenoxy) is 2. The van der Waals surface area contributed by atoms with Gasteiger partial charge in [-0.15, -0.1) is 0 Å². The molecular weight excluding hydrogens is 296 g/mol. The van der Waals surface area contributed by atoms with Crippen molar-refractivity contribution < 1.29 is 14.6 Å². The van der Waals surface area contributed by atoms with Crippen LogP contribution in [0.4, 0.5) is 17.2 Å². The van der Waals surface area contributed by atoms with E-state index in [0.29, 0.717) is 34.2 Å². The van der Waals surface area contributed by atoms with Gasteiger partial charge in [0.25, 0.3) is 0 Å². The highest BCUT2D eigenvalue weighted by Gasteiger charge is 2.12. The molecule has 7 heteroatoms. The monoisotopic (exact) mass is 312 g/mol. The van der Waals surface area contributed by atoms with Gasteiger partial charge in [0.2, 0.25) is 0 Å². The summed E-state index contributed by atoms with van der Waals surface area (Å²) in [5.74, 6) is 1.74. The molecule has 0 unspecified atom stereocenters. The van der Waals surface area contributed by atoms with Crippen LogP contribution in [0.5, 0.6) is 17.2 Å². The van der Waals surface area contributed by atoms with Gasteiger partial charge in [-0.3, -0.25) is 0 Å². The van der Waals surface area contributed by atoms with Gasteiger partial charge < -0.3 is 25.6 Å². The molecule has 0 amide bonds. The maximum absolute atomic E-state index is 9.95. The molecule has 0 radical (unpaired) electrons. The number of rotatable bonds is 4. The number of hydrogen-bond acceptors (Lipinski definition) is 7. The molecule has 2 aromatic carbocycles. The van der Waals surface area contributed by atoms with Crippen LogP contribution in [0.15, 0.2) is 36.7 Å². The standard InChI is InChI=1S/C16H16N4O3/c1-22-14-6-10-11(7-15(14)23-2)18-8-19-16(10)20-12-5-9(17)3-4-13(12)21/h3-8,21H,17H2,1-2H3,(H,18,19,20). The number of phenolic OH excluding ortho intramolecular Hbond substituents is 1. The van der Waals surface area contributed by atoms with Gasteiger partial charge in [-0.2, -0.15) is 0 Å². The molecule has 0 saturated heterocycles. The average Bonchev–Trinajstić information content (AvgIpc) is 2.57. The second-order valence-corrected chi connectivity index (χ2v) is 4.85. The van der Waals surface area contributed by atoms with Gasteiger partial charge in [-0.1, -0.05) is 0 Å². The molecule has 118 valence electrons. The molecule has 0 aliphatic heterocycles. The highest BCUT2D eigenvalue weighted by atomic mass is 16.5. The summed E-state index contributed by atoms with van der Waals surface area (Å²) in [6.07, 6.45) is 1.43. The normalized spacial score (nSPS) is 10.5. The Balaban J connectivity index is 2.12. The number of aromatic nitrogens is 2. The predicted molar refractivity (Wildman–Crippen MR) is 88.4 cm³/mol. The third kappa shape index (κ3) is 2.76. The second-order valence-electron chi connectivity index (χ2n) is 4.85. The minimum atomic E-state index is 0.0754. The molecule has 1 aromatic heterocycles. The maximum Gasteiger partial charge on any atom is 0.162 e. The number of methoxy groups -OCH3 is 2. The molecule has 0 fully saturated rings. The molecule has 3 aromatic rings. The first kappa shape index (κ1) is 14.7. The number of hydrogen-bond donors (Lipinski definition) is 3. The Morgan fingerprint density at radius 1 is 1.04 bits per heavy atom. The van der Waals surface area contributed by atoms with Gasteiger partial charge in [0.15, 0.2) is 11.5 Å². The Hall–Kier alpha value is -3.22. The smallest absolute Gasteiger partial charge is 0.162 e. The summed E-state index contributed by atoms with van der Waals surface area (Å²) >= 11 is 0. The SMILES string of the molecule is COc1cc2ncnc(Nc3cc(N)ccc3O)c2cc1OC. The fourth-order valence-electron chi connectivity index (χ4n) is 2.26. The van der Waals surface area contributed by atoms with E-state index in [9.17, 15) is 5.11 Å². The van der Waals surface area contributed by atoms with Crippen LogP contribution in [-0.2, 0) is 0 Å². The number of fused-ring (bicyclic) bond motifs is 1. The largest absolute Gasteiger partial charge is 0.506 e. The minimum absolute atomic E-state index is 0.0754. The quantitative estimate of drug-likeness (QED) is 0.386. The Morgan fingerprint density at radius 3 is 2.52 bits per heavy atom. The van der Waals surface area contributed by atoms with Gasteiger partial charge in [0.05, 0.1) is 25.4 Å². The zero-order chi connectivity index (χ0) is 16.4. The molecule has 0 atom stereocenters. The Morgan fingerprint density at radius 2 is 1.78 bits per heavy atom. The number of nitrogens with zero attached hydrogens (tertiary/aromatic N) is 2. The molecule has 23 heavy (non-hydrogen) atoms. The number of benzene rings is 2. The highest BCUT2D eigenvalue weighted by molar-refractivity contribution is 5.93. The van der Waals surface area contributed by atoms with Crippen LogP contribution in [0.3, 0.4) is 0 Å². The van der Waals surface area contributed by atoms with E-state index in [1.165, 1.54) is 12.4 Å². The maximum atomic E-state index is 9.95. The second kappa shape index (κ2) is 5.88. The van der Waals surface area contributed by atoms with Crippen LogP contribution in [0.25, 0.3) is 10.9 Å². The van der Waals surface area contributed by atoms with E-state index < -0.39 is 0 Å². The van der Waals surface area contributed by atoms with Crippen molar-refractivity contribution in [3.8, 4) is 17.2 Å². The van der Waals surface area contributed by atoms with E-state index in [0.717, 1.165) is 5.39 Å². The van der Waals surface area contributed by atoms with Crippen LogP contribution in [-0.4, -0.2) is 29.3 Å². The zero-order valence-corrected chi connectivity index (χ0v) is 12.7. The number of nitrogens with two attached hydrogens (primary N) is 1. The van der Waals surface area contributed by atoms with Gasteiger partial charge in [-0.25, -0.2) is 9.97 Å². The molecule has 0 spiro atoms. The lowest BCUT2D eigenvalue weighted by atomic mass is 10.2. The lowest BCUT2D eigenvalue weighted by Gasteiger charge is -2.13. The molecule has 0 bridgehead atoms. The van der Waals surface area contributed by atoms with Gasteiger partial charge >= 0.3 is 0 Å². The lowest BCUT2D eigenvalue weighted by Crippen LogP contribution is -1.99. The van der Waals surface area contributed by atoms with E-state index in [1.54, 1.807) is 38.5 Å². The third-order valence-electron chi connectivity index (χ3n) is 3.41. The van der Waals surface area contributed by atoms with Crippen molar-refractivity contribution in [2.75, 3.05) is 25.3 Å². The summed E-state index contributed by atoms with van der Waals surface area (Å²) in [4.78, 5) is 8.47. The first-order chi connectivity index (χ1) is 11.1. The molecular formula is C16H16N4O3. The first-order valence-corrected chi connectivity index (χ1v) is 6.84. The summed E-state index contributed by atoms with van der Waals surface area (Å²) in [5, 5.41) is 13.7. The van der Waals surface area contributed by atoms with Crippen molar-refractivity contribution in [3.63, 3.8) is 0 Å². The molecule has 0 aliphatic rings. The van der Waals surface area contributed by atoms with Crippen LogP contribution >= 0.6 is 0 Å². The number of aromatic hydroxyl groups is 1. The Bertz CT molecular complexity index is 867. The molecule has 3 rings (SSSR count). The highest BCUT2D eigenvalue weighted by Crippen LogP contribution is 2.35. The van der Waals surface area contributed by atoms with E-state index in [2.05, 4.69) is 15.3 Å². The average molecular weight is 312 g/mol. The van der Waals surface area contributed by atoms with Crippen molar-refractivity contribution in [2.24, 2.45) is 0 Å². The molecule has 7 nitrogen and oxygen atoms in total. The molecule has 4 N–H and O–H groups in total. The number of anilines is 3. The topological polar surface area (TPSA) is 103 Å². The summed E-state index contributed by atoms with van der Waals surface area (Å²) in [7, 11) is 3.12. The molecule has 0 saturated carbocycles. The van der Waals surface area contributed by atoms with Gasteiger partial charge in [0.1, 0.15) is 17.9 Å². The van der Waals surface area contributed by atoms with Crippen LogP contribution in [0, 0.1) is 0 Å². The predicted octanol–water partition coefficient (Wildman–Crippen LogP) is 2.68. The molecule has 1 heterocycles. The van der Waals surface area contributed by atoms with Crippen molar-refractivity contribution in [2.45, 2.75) is 0 Å². The van der Waals surface area contributed by atoms with E-state index in [4.69, 9.17) is 15.2 Å². The van der Waals surface area contributed by atoms with Crippen molar-refractivity contribution in [3.05, 3.63) is 36.7 Å². The Labute approximate surface area is 132 Å². The van der Waals surface area contributed by atoms with Crippen molar-refractivity contribution >= 4 is 28.1 Å². The zero-order valence-electron chi connectivity index (χ0n) is 12.7. The fourth-order valence-corrected chi connectivity index (χ4v) is 2.26. The van der Waals surface area contributed by atoms with Crippen molar-refractivity contribution in [1.82, 2.24) is 9.97 Å². The van der Waals surface area contributed by atoms with E-state index in [-0.39, 0.29) is 5.75 Å². The number of nitrogen functional groups attached to an aromatic ring is 1.